The van der Waals surface area contributed by atoms with Crippen molar-refractivity contribution in [3.8, 4) is 11.1 Å². The highest BCUT2D eigenvalue weighted by atomic mass is 32.1. The second-order valence-electron chi connectivity index (χ2n) is 12.9. The predicted molar refractivity (Wildman–Crippen MR) is 212 cm³/mol. The molecule has 0 bridgehead atoms. The number of rotatable bonds is 4. The van der Waals surface area contributed by atoms with Gasteiger partial charge in [0.1, 0.15) is 11.2 Å². The molecule has 0 aliphatic rings. The lowest BCUT2D eigenvalue weighted by Crippen LogP contribution is -2.10. The van der Waals surface area contributed by atoms with Gasteiger partial charge in [0.15, 0.2) is 11.2 Å². The summed E-state index contributed by atoms with van der Waals surface area (Å²) >= 11 is 1.79. The first kappa shape index (κ1) is 27.6. The Hall–Kier alpha value is -6.36. The largest absolute Gasteiger partial charge is 0.455 e. The van der Waals surface area contributed by atoms with Crippen LogP contribution in [0.5, 0.6) is 0 Å². The third-order valence-electron chi connectivity index (χ3n) is 10.0. The minimum Gasteiger partial charge on any atom is -0.455 e. The molecule has 0 amide bonds. The first-order valence-corrected chi connectivity index (χ1v) is 17.7. The monoisotopic (exact) mass is 657 g/mol. The lowest BCUT2D eigenvalue weighted by Gasteiger charge is -2.27. The van der Waals surface area contributed by atoms with E-state index in [0.29, 0.717) is 0 Å². The van der Waals surface area contributed by atoms with Crippen molar-refractivity contribution in [3.05, 3.63) is 164 Å². The van der Waals surface area contributed by atoms with Crippen LogP contribution in [-0.4, -0.2) is 0 Å². The molecule has 0 N–H and O–H groups in total. The number of hydrogen-bond acceptors (Lipinski definition) is 4. The summed E-state index contributed by atoms with van der Waals surface area (Å²) in [7, 11) is 0. The van der Waals surface area contributed by atoms with Crippen molar-refractivity contribution in [2.75, 3.05) is 4.90 Å². The molecule has 11 rings (SSSR count). The van der Waals surface area contributed by atoms with Crippen LogP contribution in [0.15, 0.2) is 173 Å². The van der Waals surface area contributed by atoms with Crippen LogP contribution in [0, 0.1) is 0 Å². The molecule has 0 saturated carbocycles. The van der Waals surface area contributed by atoms with E-state index in [4.69, 9.17) is 8.83 Å². The van der Waals surface area contributed by atoms with Crippen LogP contribution < -0.4 is 4.90 Å². The number of para-hydroxylation sites is 3. The lowest BCUT2D eigenvalue weighted by atomic mass is 10.00. The zero-order chi connectivity index (χ0) is 32.8. The molecule has 0 spiro atoms. The van der Waals surface area contributed by atoms with E-state index in [1.165, 1.54) is 37.4 Å². The van der Waals surface area contributed by atoms with Crippen LogP contribution in [0.3, 0.4) is 0 Å². The van der Waals surface area contributed by atoms with Crippen molar-refractivity contribution in [2.45, 2.75) is 0 Å². The minimum absolute atomic E-state index is 0.858. The molecular formula is C46H27NO2S. The van der Waals surface area contributed by atoms with E-state index in [2.05, 4.69) is 157 Å². The second-order valence-corrected chi connectivity index (χ2v) is 13.9. The van der Waals surface area contributed by atoms with Gasteiger partial charge in [-0.2, -0.15) is 0 Å². The molecule has 0 radical (unpaired) electrons. The number of nitrogens with zero attached hydrogens (tertiary/aromatic N) is 1. The molecule has 0 saturated heterocycles. The third kappa shape index (κ3) is 4.03. The van der Waals surface area contributed by atoms with Crippen molar-refractivity contribution in [2.24, 2.45) is 0 Å². The molecule has 4 heteroatoms. The molecule has 50 heavy (non-hydrogen) atoms. The van der Waals surface area contributed by atoms with E-state index >= 15 is 0 Å². The second kappa shape index (κ2) is 10.6. The highest BCUT2D eigenvalue weighted by Gasteiger charge is 2.25. The SMILES string of the molecule is c1ccc2cc(-c3ccc(N(c4cccc5c4oc4ccccc45)c4cc5c6ccccc6oc5c5sc6ccccc6c45)cc3)ccc2c1. The Bertz CT molecular complexity index is 3110. The van der Waals surface area contributed by atoms with Crippen molar-refractivity contribution < 1.29 is 8.83 Å². The molecule has 8 aromatic carbocycles. The number of anilines is 3. The molecule has 0 aliphatic carbocycles. The smallest absolute Gasteiger partial charge is 0.159 e. The molecule has 0 aliphatic heterocycles. The zero-order valence-corrected chi connectivity index (χ0v) is 27.6. The van der Waals surface area contributed by atoms with E-state index in [0.717, 1.165) is 65.6 Å². The van der Waals surface area contributed by atoms with Gasteiger partial charge in [-0.1, -0.05) is 115 Å². The van der Waals surface area contributed by atoms with Crippen molar-refractivity contribution in [1.29, 1.82) is 0 Å². The van der Waals surface area contributed by atoms with Crippen LogP contribution >= 0.6 is 11.3 Å². The number of furan rings is 2. The maximum Gasteiger partial charge on any atom is 0.159 e. The summed E-state index contributed by atoms with van der Waals surface area (Å²) in [6, 6.07) is 58.3. The van der Waals surface area contributed by atoms with Crippen LogP contribution in [0.25, 0.3) is 85.9 Å². The molecule has 234 valence electrons. The summed E-state index contributed by atoms with van der Waals surface area (Å²) in [5.41, 5.74) is 9.04. The molecule has 0 fully saturated rings. The summed E-state index contributed by atoms with van der Waals surface area (Å²) in [5, 5.41) is 9.27. The first-order chi connectivity index (χ1) is 24.8. The van der Waals surface area contributed by atoms with Gasteiger partial charge < -0.3 is 13.7 Å². The number of benzene rings is 8. The van der Waals surface area contributed by atoms with Gasteiger partial charge in [-0.25, -0.2) is 0 Å². The maximum absolute atomic E-state index is 6.71. The fourth-order valence-corrected chi connectivity index (χ4v) is 8.92. The van der Waals surface area contributed by atoms with Gasteiger partial charge in [0.2, 0.25) is 0 Å². The van der Waals surface area contributed by atoms with Gasteiger partial charge in [-0.3, -0.25) is 0 Å². The van der Waals surface area contributed by atoms with Crippen LogP contribution in [0.4, 0.5) is 17.1 Å². The number of thiophene rings is 1. The molecule has 0 atom stereocenters. The van der Waals surface area contributed by atoms with Gasteiger partial charge in [0.25, 0.3) is 0 Å². The van der Waals surface area contributed by atoms with Crippen molar-refractivity contribution >= 4 is 103 Å². The Morgan fingerprint density at radius 1 is 0.420 bits per heavy atom. The minimum atomic E-state index is 0.858. The fourth-order valence-electron chi connectivity index (χ4n) is 7.71. The standard InChI is InChI=1S/C46H27NO2S/c1-2-11-30-26-31(21-20-28(30)10-1)29-22-24-32(25-23-29)47(38-16-9-15-35-33-12-3-6-17-40(33)48-44(35)38)39-27-37-34-13-4-7-18-41(34)49-45(37)46-43(39)36-14-5-8-19-42(36)50-46/h1-27H. The summed E-state index contributed by atoms with van der Waals surface area (Å²) < 4.78 is 15.7. The summed E-state index contributed by atoms with van der Waals surface area (Å²) in [6.45, 7) is 0. The molecule has 0 unspecified atom stereocenters. The molecule has 3 heterocycles. The Labute approximate surface area is 290 Å². The average molecular weight is 658 g/mol. The van der Waals surface area contributed by atoms with E-state index in [1.54, 1.807) is 11.3 Å². The molecule has 3 nitrogen and oxygen atoms in total. The van der Waals surface area contributed by atoms with Crippen molar-refractivity contribution in [3.63, 3.8) is 0 Å². The average Bonchev–Trinajstić information content (AvgIpc) is 3.87. The fraction of sp³-hybridized carbons (Fsp3) is 0. The van der Waals surface area contributed by atoms with Gasteiger partial charge in [0, 0.05) is 42.7 Å². The van der Waals surface area contributed by atoms with Gasteiger partial charge in [-0.15, -0.1) is 11.3 Å². The van der Waals surface area contributed by atoms with Gasteiger partial charge in [-0.05, 0) is 70.4 Å². The normalized spacial score (nSPS) is 12.0. The highest BCUT2D eigenvalue weighted by Crippen LogP contribution is 2.51. The van der Waals surface area contributed by atoms with E-state index in [-0.39, 0.29) is 0 Å². The summed E-state index contributed by atoms with van der Waals surface area (Å²) in [4.78, 5) is 2.39. The van der Waals surface area contributed by atoms with E-state index in [9.17, 15) is 0 Å². The summed E-state index contributed by atoms with van der Waals surface area (Å²) in [6.07, 6.45) is 0. The van der Waals surface area contributed by atoms with E-state index in [1.807, 2.05) is 12.1 Å². The van der Waals surface area contributed by atoms with Crippen LogP contribution in [0.1, 0.15) is 0 Å². The van der Waals surface area contributed by atoms with Crippen molar-refractivity contribution in [1.82, 2.24) is 0 Å². The first-order valence-electron chi connectivity index (χ1n) is 16.8. The number of fused-ring (bicyclic) bond motifs is 11. The highest BCUT2D eigenvalue weighted by molar-refractivity contribution is 7.26. The Kier molecular flexibility index (Phi) is 5.83. The Balaban J connectivity index is 1.22. The van der Waals surface area contributed by atoms with Crippen LogP contribution in [-0.2, 0) is 0 Å². The number of hydrogen-bond donors (Lipinski definition) is 0. The zero-order valence-electron chi connectivity index (χ0n) is 26.8. The lowest BCUT2D eigenvalue weighted by molar-refractivity contribution is 0.669. The molecule has 11 aromatic rings. The maximum atomic E-state index is 6.71. The third-order valence-corrected chi connectivity index (χ3v) is 11.2. The van der Waals surface area contributed by atoms with Gasteiger partial charge in [0.05, 0.1) is 16.1 Å². The van der Waals surface area contributed by atoms with E-state index < -0.39 is 0 Å². The quantitative estimate of drug-likeness (QED) is 0.189. The Morgan fingerprint density at radius 2 is 1.06 bits per heavy atom. The summed E-state index contributed by atoms with van der Waals surface area (Å²) in [5.74, 6) is 0. The topological polar surface area (TPSA) is 29.5 Å². The molecule has 3 aromatic heterocycles. The predicted octanol–water partition coefficient (Wildman–Crippen LogP) is 14.1. The molecular weight excluding hydrogens is 631 g/mol. The Morgan fingerprint density at radius 3 is 1.88 bits per heavy atom. The van der Waals surface area contributed by atoms with Crippen LogP contribution in [0.2, 0.25) is 0 Å². The van der Waals surface area contributed by atoms with Gasteiger partial charge >= 0.3 is 0 Å².